The molecule has 2 aromatic rings. The summed E-state index contributed by atoms with van der Waals surface area (Å²) in [6, 6.07) is 5.07. The number of nitrogen functional groups attached to an aromatic ring is 1. The summed E-state index contributed by atoms with van der Waals surface area (Å²) in [7, 11) is 1.64. The molecule has 0 spiro atoms. The molecular formula is C15H20FN3O. The first-order chi connectivity index (χ1) is 9.60. The van der Waals surface area contributed by atoms with Crippen molar-refractivity contribution in [2.24, 2.45) is 0 Å². The quantitative estimate of drug-likeness (QED) is 0.854. The van der Waals surface area contributed by atoms with E-state index in [1.165, 1.54) is 6.07 Å². The molecule has 20 heavy (non-hydrogen) atoms. The molecule has 0 saturated carbocycles. The second-order valence-electron chi connectivity index (χ2n) is 4.79. The van der Waals surface area contributed by atoms with Gasteiger partial charge < -0.3 is 15.4 Å². The van der Waals surface area contributed by atoms with Crippen molar-refractivity contribution in [3.05, 3.63) is 30.2 Å². The molecule has 1 aromatic carbocycles. The second kappa shape index (κ2) is 6.05. The minimum Gasteiger partial charge on any atom is -0.398 e. The van der Waals surface area contributed by atoms with Crippen molar-refractivity contribution in [1.82, 2.24) is 4.98 Å². The van der Waals surface area contributed by atoms with Crippen LogP contribution in [0.5, 0.6) is 0 Å². The van der Waals surface area contributed by atoms with Crippen LogP contribution >= 0.6 is 0 Å². The smallest absolute Gasteiger partial charge is 0.150 e. The van der Waals surface area contributed by atoms with E-state index in [1.54, 1.807) is 19.4 Å². The lowest BCUT2D eigenvalue weighted by molar-refractivity contribution is 0.182. The van der Waals surface area contributed by atoms with Gasteiger partial charge in [0.2, 0.25) is 0 Å². The van der Waals surface area contributed by atoms with Crippen molar-refractivity contribution < 1.29 is 9.13 Å². The van der Waals surface area contributed by atoms with Gasteiger partial charge in [0.1, 0.15) is 5.69 Å². The summed E-state index contributed by atoms with van der Waals surface area (Å²) in [5, 5.41) is 0.770. The third kappa shape index (κ3) is 2.54. The Labute approximate surface area is 118 Å². The molecule has 0 amide bonds. The summed E-state index contributed by atoms with van der Waals surface area (Å²) in [6.45, 7) is 5.16. The maximum absolute atomic E-state index is 14.4. The Kier molecular flexibility index (Phi) is 4.39. The standard InChI is InChI=1S/C15H20FN3O/c1-4-19(10(2)9-20-3)15-12(16)8-13(17)11-6-5-7-18-14(11)15/h5-8,10H,4,9,17H2,1-3H3. The summed E-state index contributed by atoms with van der Waals surface area (Å²) in [4.78, 5) is 6.26. The fourth-order valence-electron chi connectivity index (χ4n) is 2.52. The minimum absolute atomic E-state index is 0.0494. The van der Waals surface area contributed by atoms with E-state index in [1.807, 2.05) is 24.8 Å². The van der Waals surface area contributed by atoms with Gasteiger partial charge in [0.05, 0.1) is 12.1 Å². The van der Waals surface area contributed by atoms with Gasteiger partial charge in [-0.3, -0.25) is 4.98 Å². The highest BCUT2D eigenvalue weighted by Crippen LogP contribution is 2.33. The summed E-state index contributed by atoms with van der Waals surface area (Å²) in [5.74, 6) is -0.349. The Morgan fingerprint density at radius 2 is 2.25 bits per heavy atom. The van der Waals surface area contributed by atoms with Crippen molar-refractivity contribution in [3.8, 4) is 0 Å². The van der Waals surface area contributed by atoms with Gasteiger partial charge in [-0.1, -0.05) is 0 Å². The van der Waals surface area contributed by atoms with Crippen molar-refractivity contribution in [3.63, 3.8) is 0 Å². The zero-order valence-electron chi connectivity index (χ0n) is 12.1. The summed E-state index contributed by atoms with van der Waals surface area (Å²) in [6.07, 6.45) is 1.65. The van der Waals surface area contributed by atoms with E-state index in [0.29, 0.717) is 30.0 Å². The molecular weight excluding hydrogens is 257 g/mol. The Morgan fingerprint density at radius 1 is 1.50 bits per heavy atom. The molecule has 0 aliphatic rings. The van der Waals surface area contributed by atoms with Crippen LogP contribution in [-0.4, -0.2) is 31.3 Å². The number of methoxy groups -OCH3 is 1. The number of rotatable bonds is 5. The lowest BCUT2D eigenvalue weighted by Crippen LogP contribution is -2.37. The number of hydrogen-bond acceptors (Lipinski definition) is 4. The SMILES string of the molecule is CCN(c1c(F)cc(N)c2cccnc12)C(C)COC. The topological polar surface area (TPSA) is 51.4 Å². The number of anilines is 2. The molecule has 0 radical (unpaired) electrons. The monoisotopic (exact) mass is 277 g/mol. The molecule has 1 unspecified atom stereocenters. The first-order valence-corrected chi connectivity index (χ1v) is 6.68. The van der Waals surface area contributed by atoms with E-state index in [0.717, 1.165) is 5.39 Å². The number of pyridine rings is 1. The zero-order valence-corrected chi connectivity index (χ0v) is 12.1. The maximum atomic E-state index is 14.4. The van der Waals surface area contributed by atoms with E-state index in [-0.39, 0.29) is 11.9 Å². The number of nitrogens with two attached hydrogens (primary N) is 1. The molecule has 2 N–H and O–H groups in total. The number of nitrogens with zero attached hydrogens (tertiary/aromatic N) is 2. The Hall–Kier alpha value is -1.88. The largest absolute Gasteiger partial charge is 0.398 e. The van der Waals surface area contributed by atoms with Crippen molar-refractivity contribution in [2.75, 3.05) is 30.9 Å². The molecule has 0 saturated heterocycles. The fraction of sp³-hybridized carbons (Fsp3) is 0.400. The second-order valence-corrected chi connectivity index (χ2v) is 4.79. The molecule has 1 atom stereocenters. The lowest BCUT2D eigenvalue weighted by atomic mass is 10.1. The van der Waals surface area contributed by atoms with Crippen LogP contribution in [0, 0.1) is 5.82 Å². The highest BCUT2D eigenvalue weighted by molar-refractivity contribution is 5.99. The van der Waals surface area contributed by atoms with E-state index >= 15 is 0 Å². The predicted molar refractivity (Wildman–Crippen MR) is 80.5 cm³/mol. The molecule has 108 valence electrons. The van der Waals surface area contributed by atoms with Crippen molar-refractivity contribution in [2.45, 2.75) is 19.9 Å². The Bertz CT molecular complexity index is 603. The molecule has 5 heteroatoms. The summed E-state index contributed by atoms with van der Waals surface area (Å²) >= 11 is 0. The lowest BCUT2D eigenvalue weighted by Gasteiger charge is -2.30. The zero-order chi connectivity index (χ0) is 14.7. The third-order valence-corrected chi connectivity index (χ3v) is 3.42. The van der Waals surface area contributed by atoms with Crippen molar-refractivity contribution in [1.29, 1.82) is 0 Å². The molecule has 1 heterocycles. The van der Waals surface area contributed by atoms with Crippen LogP contribution in [0.15, 0.2) is 24.4 Å². The Morgan fingerprint density at radius 3 is 2.90 bits per heavy atom. The first kappa shape index (κ1) is 14.5. The van der Waals surface area contributed by atoms with Crippen molar-refractivity contribution >= 4 is 22.3 Å². The van der Waals surface area contributed by atoms with Crippen LogP contribution < -0.4 is 10.6 Å². The van der Waals surface area contributed by atoms with Gasteiger partial charge in [-0.25, -0.2) is 4.39 Å². The van der Waals surface area contributed by atoms with Gasteiger partial charge in [0.25, 0.3) is 0 Å². The van der Waals surface area contributed by atoms with E-state index in [2.05, 4.69) is 4.98 Å². The van der Waals surface area contributed by atoms with Gasteiger partial charge in [0.15, 0.2) is 5.82 Å². The summed E-state index contributed by atoms with van der Waals surface area (Å²) < 4.78 is 19.6. The average molecular weight is 277 g/mol. The minimum atomic E-state index is -0.349. The van der Waals surface area contributed by atoms with E-state index < -0.39 is 0 Å². The number of benzene rings is 1. The summed E-state index contributed by atoms with van der Waals surface area (Å²) in [5.41, 5.74) is 7.37. The average Bonchev–Trinajstić information content (AvgIpc) is 2.43. The van der Waals surface area contributed by atoms with Gasteiger partial charge in [-0.15, -0.1) is 0 Å². The van der Waals surface area contributed by atoms with Crippen LogP contribution in [-0.2, 0) is 4.74 Å². The van der Waals surface area contributed by atoms with Crippen LogP contribution in [0.3, 0.4) is 0 Å². The van der Waals surface area contributed by atoms with Gasteiger partial charge in [-0.2, -0.15) is 0 Å². The Balaban J connectivity index is 2.62. The maximum Gasteiger partial charge on any atom is 0.150 e. The number of fused-ring (bicyclic) bond motifs is 1. The third-order valence-electron chi connectivity index (χ3n) is 3.42. The first-order valence-electron chi connectivity index (χ1n) is 6.68. The number of ether oxygens (including phenoxy) is 1. The number of likely N-dealkylation sites (N-methyl/N-ethyl adjacent to an activating group) is 1. The van der Waals surface area contributed by atoms with Crippen LogP contribution in [0.25, 0.3) is 10.9 Å². The van der Waals surface area contributed by atoms with Crippen LogP contribution in [0.1, 0.15) is 13.8 Å². The molecule has 0 bridgehead atoms. The van der Waals surface area contributed by atoms with Gasteiger partial charge in [0, 0.05) is 37.0 Å². The molecule has 0 aliphatic carbocycles. The molecule has 0 fully saturated rings. The van der Waals surface area contributed by atoms with E-state index in [9.17, 15) is 4.39 Å². The highest BCUT2D eigenvalue weighted by Gasteiger charge is 2.21. The normalized spacial score (nSPS) is 12.6. The van der Waals surface area contributed by atoms with E-state index in [4.69, 9.17) is 10.5 Å². The molecule has 0 aliphatic heterocycles. The van der Waals surface area contributed by atoms with Gasteiger partial charge >= 0.3 is 0 Å². The highest BCUT2D eigenvalue weighted by atomic mass is 19.1. The molecule has 2 rings (SSSR count). The van der Waals surface area contributed by atoms with Crippen LogP contribution in [0.2, 0.25) is 0 Å². The molecule has 4 nitrogen and oxygen atoms in total. The van der Waals surface area contributed by atoms with Gasteiger partial charge in [-0.05, 0) is 32.0 Å². The molecule has 1 aromatic heterocycles. The number of hydrogen-bond donors (Lipinski definition) is 1. The van der Waals surface area contributed by atoms with Crippen LogP contribution in [0.4, 0.5) is 15.8 Å². The number of aromatic nitrogens is 1. The fourth-order valence-corrected chi connectivity index (χ4v) is 2.52. The number of halogens is 1. The predicted octanol–water partition coefficient (Wildman–Crippen LogP) is 2.82.